The van der Waals surface area contributed by atoms with E-state index in [1.54, 1.807) is 0 Å². The van der Waals surface area contributed by atoms with Gasteiger partial charge in [0.1, 0.15) is 11.6 Å². The van der Waals surface area contributed by atoms with Crippen LogP contribution in [-0.4, -0.2) is 12.2 Å². The second-order valence-electron chi connectivity index (χ2n) is 5.99. The molecule has 1 saturated heterocycles. The Kier molecular flexibility index (Phi) is 3.75. The lowest BCUT2D eigenvalue weighted by molar-refractivity contribution is -0.147. The van der Waals surface area contributed by atoms with Crippen LogP contribution in [0.25, 0.3) is 0 Å². The summed E-state index contributed by atoms with van der Waals surface area (Å²) in [6, 6.07) is 3.36. The van der Waals surface area contributed by atoms with E-state index in [1.807, 2.05) is 0 Å². The maximum atomic E-state index is 13.4. The van der Waals surface area contributed by atoms with Crippen molar-refractivity contribution in [3.63, 3.8) is 0 Å². The third kappa shape index (κ3) is 2.57. The molecule has 2 unspecified atom stereocenters. The summed E-state index contributed by atoms with van der Waals surface area (Å²) in [6.45, 7) is 0.695. The van der Waals surface area contributed by atoms with E-state index in [4.69, 9.17) is 10.6 Å². The van der Waals surface area contributed by atoms with Gasteiger partial charge in [-0.05, 0) is 55.7 Å². The van der Waals surface area contributed by atoms with Crippen LogP contribution < -0.4 is 11.3 Å². The molecule has 1 spiro atoms. The van der Waals surface area contributed by atoms with E-state index in [1.165, 1.54) is 18.6 Å². The average molecular weight is 282 g/mol. The highest BCUT2D eigenvalue weighted by Crippen LogP contribution is 2.47. The largest absolute Gasteiger partial charge is 0.375 e. The van der Waals surface area contributed by atoms with Crippen LogP contribution in [0, 0.1) is 17.6 Å². The van der Waals surface area contributed by atoms with Crippen LogP contribution in [0.4, 0.5) is 8.78 Å². The summed E-state index contributed by atoms with van der Waals surface area (Å²) in [4.78, 5) is 0. The van der Waals surface area contributed by atoms with Gasteiger partial charge in [-0.1, -0.05) is 0 Å². The topological polar surface area (TPSA) is 47.3 Å². The quantitative estimate of drug-likeness (QED) is 0.662. The summed E-state index contributed by atoms with van der Waals surface area (Å²) in [5.41, 5.74) is 3.30. The molecular formula is C15H20F2N2O. The third-order valence-corrected chi connectivity index (χ3v) is 4.69. The molecule has 1 aliphatic heterocycles. The van der Waals surface area contributed by atoms with Crippen molar-refractivity contribution in [1.82, 2.24) is 5.43 Å². The molecule has 3 rings (SSSR count). The van der Waals surface area contributed by atoms with Crippen molar-refractivity contribution >= 4 is 0 Å². The first-order chi connectivity index (χ1) is 9.62. The summed E-state index contributed by atoms with van der Waals surface area (Å²) in [5.74, 6) is 4.77. The number of hydrogen-bond acceptors (Lipinski definition) is 3. The first-order valence-electron chi connectivity index (χ1n) is 7.18. The highest BCUT2D eigenvalue weighted by molar-refractivity contribution is 5.22. The van der Waals surface area contributed by atoms with Gasteiger partial charge in [-0.25, -0.2) is 8.78 Å². The van der Waals surface area contributed by atoms with Gasteiger partial charge in [0, 0.05) is 18.7 Å². The van der Waals surface area contributed by atoms with Gasteiger partial charge in [-0.2, -0.15) is 0 Å². The second-order valence-corrected chi connectivity index (χ2v) is 5.99. The maximum Gasteiger partial charge on any atom is 0.126 e. The van der Waals surface area contributed by atoms with E-state index in [9.17, 15) is 8.78 Å². The fourth-order valence-corrected chi connectivity index (χ4v) is 3.53. The van der Waals surface area contributed by atoms with Gasteiger partial charge in [0.2, 0.25) is 0 Å². The number of nitrogens with one attached hydrogen (secondary N) is 1. The molecular weight excluding hydrogens is 262 g/mol. The Morgan fingerprint density at radius 1 is 1.25 bits per heavy atom. The van der Waals surface area contributed by atoms with Crippen molar-refractivity contribution in [2.75, 3.05) is 6.61 Å². The second kappa shape index (κ2) is 5.39. The molecule has 1 aromatic rings. The minimum absolute atomic E-state index is 0.0100. The van der Waals surface area contributed by atoms with Gasteiger partial charge >= 0.3 is 0 Å². The van der Waals surface area contributed by atoms with Gasteiger partial charge in [0.05, 0.1) is 5.60 Å². The fraction of sp³-hybridized carbons (Fsp3) is 0.600. The molecule has 2 fully saturated rings. The molecule has 2 atom stereocenters. The van der Waals surface area contributed by atoms with Crippen LogP contribution >= 0.6 is 0 Å². The number of rotatable bonds is 3. The maximum absolute atomic E-state index is 13.4. The number of halogens is 2. The zero-order valence-corrected chi connectivity index (χ0v) is 11.4. The molecule has 0 aromatic heterocycles. The van der Waals surface area contributed by atoms with Crippen molar-refractivity contribution in [2.45, 2.75) is 43.7 Å². The SMILES string of the molecule is NNC(c1cc(F)cc(F)c1)C1CCOC2(CCC2)C1. The minimum Gasteiger partial charge on any atom is -0.375 e. The Morgan fingerprint density at radius 2 is 1.95 bits per heavy atom. The van der Waals surface area contributed by atoms with E-state index in [2.05, 4.69) is 5.43 Å². The number of ether oxygens (including phenoxy) is 1. The van der Waals surface area contributed by atoms with Crippen LogP contribution in [0.5, 0.6) is 0 Å². The predicted octanol–water partition coefficient (Wildman–Crippen LogP) is 2.82. The van der Waals surface area contributed by atoms with Crippen LogP contribution in [-0.2, 0) is 4.74 Å². The smallest absolute Gasteiger partial charge is 0.126 e. The minimum atomic E-state index is -0.564. The summed E-state index contributed by atoms with van der Waals surface area (Å²) < 4.78 is 32.7. The standard InChI is InChI=1S/C15H20F2N2O/c16-12-6-11(7-13(17)8-12)14(19-18)10-2-5-20-15(9-10)3-1-4-15/h6-8,10,14,19H,1-5,9,18H2. The number of hydrazine groups is 1. The third-order valence-electron chi connectivity index (χ3n) is 4.69. The molecule has 1 heterocycles. The van der Waals surface area contributed by atoms with Crippen molar-refractivity contribution < 1.29 is 13.5 Å². The number of nitrogens with two attached hydrogens (primary N) is 1. The van der Waals surface area contributed by atoms with Gasteiger partial charge < -0.3 is 4.74 Å². The molecule has 1 aromatic carbocycles. The van der Waals surface area contributed by atoms with Crippen LogP contribution in [0.1, 0.15) is 43.7 Å². The van der Waals surface area contributed by atoms with Crippen molar-refractivity contribution in [3.8, 4) is 0 Å². The Morgan fingerprint density at radius 3 is 2.50 bits per heavy atom. The molecule has 5 heteroatoms. The molecule has 20 heavy (non-hydrogen) atoms. The number of hydrogen-bond donors (Lipinski definition) is 2. The van der Waals surface area contributed by atoms with Gasteiger partial charge in [0.15, 0.2) is 0 Å². The molecule has 1 saturated carbocycles. The van der Waals surface area contributed by atoms with Crippen LogP contribution in [0.3, 0.4) is 0 Å². The summed E-state index contributed by atoms with van der Waals surface area (Å²) in [5, 5.41) is 0. The Bertz CT molecular complexity index is 471. The predicted molar refractivity (Wildman–Crippen MR) is 71.7 cm³/mol. The van der Waals surface area contributed by atoms with Gasteiger partial charge in [-0.15, -0.1) is 0 Å². The lowest BCUT2D eigenvalue weighted by Crippen LogP contribution is -2.48. The highest BCUT2D eigenvalue weighted by atomic mass is 19.1. The van der Waals surface area contributed by atoms with Crippen molar-refractivity contribution in [1.29, 1.82) is 0 Å². The molecule has 1 aliphatic carbocycles. The zero-order valence-electron chi connectivity index (χ0n) is 11.4. The Labute approximate surface area is 117 Å². The highest BCUT2D eigenvalue weighted by Gasteiger charge is 2.44. The first kappa shape index (κ1) is 13.9. The molecule has 0 amide bonds. The first-order valence-corrected chi connectivity index (χ1v) is 7.18. The van der Waals surface area contributed by atoms with Crippen LogP contribution in [0.2, 0.25) is 0 Å². The van der Waals surface area contributed by atoms with Crippen LogP contribution in [0.15, 0.2) is 18.2 Å². The summed E-state index contributed by atoms with van der Waals surface area (Å²) in [6.07, 6.45) is 5.12. The summed E-state index contributed by atoms with van der Waals surface area (Å²) >= 11 is 0. The molecule has 3 nitrogen and oxygen atoms in total. The monoisotopic (exact) mass is 282 g/mol. The van der Waals surface area contributed by atoms with Crippen molar-refractivity contribution in [3.05, 3.63) is 35.4 Å². The summed E-state index contributed by atoms with van der Waals surface area (Å²) in [7, 11) is 0. The van der Waals surface area contributed by atoms with E-state index in [0.29, 0.717) is 12.2 Å². The van der Waals surface area contributed by atoms with E-state index in [-0.39, 0.29) is 17.6 Å². The van der Waals surface area contributed by atoms with E-state index < -0.39 is 11.6 Å². The normalized spacial score (nSPS) is 26.2. The molecule has 110 valence electrons. The average Bonchev–Trinajstić information content (AvgIpc) is 2.37. The van der Waals surface area contributed by atoms with Gasteiger partial charge in [0.25, 0.3) is 0 Å². The van der Waals surface area contributed by atoms with Crippen molar-refractivity contribution in [2.24, 2.45) is 11.8 Å². The molecule has 0 bridgehead atoms. The van der Waals surface area contributed by atoms with E-state index >= 15 is 0 Å². The van der Waals surface area contributed by atoms with E-state index in [0.717, 1.165) is 31.7 Å². The number of benzene rings is 1. The lowest BCUT2D eigenvalue weighted by atomic mass is 9.70. The zero-order chi connectivity index (χ0) is 14.2. The molecule has 0 radical (unpaired) electrons. The molecule has 3 N–H and O–H groups in total. The molecule has 2 aliphatic rings. The lowest BCUT2D eigenvalue weighted by Gasteiger charge is -2.48. The van der Waals surface area contributed by atoms with Gasteiger partial charge in [-0.3, -0.25) is 11.3 Å². The fourth-order valence-electron chi connectivity index (χ4n) is 3.53. The Hall–Kier alpha value is -1.04. The Balaban J connectivity index is 1.81.